The highest BCUT2D eigenvalue weighted by molar-refractivity contribution is 14.1. The van der Waals surface area contributed by atoms with Crippen molar-refractivity contribution in [2.24, 2.45) is 0 Å². The first-order valence-corrected chi connectivity index (χ1v) is 7.11. The van der Waals surface area contributed by atoms with Gasteiger partial charge in [0.25, 0.3) is 0 Å². The molecule has 0 amide bonds. The van der Waals surface area contributed by atoms with Crippen LogP contribution in [0.15, 0.2) is 24.3 Å². The smallest absolute Gasteiger partial charge is 0.166 e. The van der Waals surface area contributed by atoms with Crippen LogP contribution in [0.1, 0.15) is 17.0 Å². The van der Waals surface area contributed by atoms with Gasteiger partial charge in [0.15, 0.2) is 0 Å². The van der Waals surface area contributed by atoms with Crippen LogP contribution >= 0.6 is 22.6 Å². The normalized spacial score (nSPS) is 11.8. The van der Waals surface area contributed by atoms with Gasteiger partial charge in [-0.15, -0.1) is 0 Å². The molecule has 0 aliphatic rings. The number of rotatable bonds is 3. The summed E-state index contributed by atoms with van der Waals surface area (Å²) >= 11 is 2.24. The molecule has 0 bridgehead atoms. The van der Waals surface area contributed by atoms with E-state index in [-0.39, 0.29) is 0 Å². The number of benzene rings is 1. The molecule has 0 aliphatic carbocycles. The Kier molecular flexibility index (Phi) is 4.12. The second-order valence-electron chi connectivity index (χ2n) is 4.01. The van der Waals surface area contributed by atoms with Gasteiger partial charge in [0.05, 0.1) is 22.6 Å². The highest BCUT2D eigenvalue weighted by Gasteiger charge is 2.30. The lowest BCUT2D eigenvalue weighted by atomic mass is 10.2. The molecule has 7 heteroatoms. The molecule has 19 heavy (non-hydrogen) atoms. The number of aryl methyl sites for hydroxylation is 2. The fourth-order valence-electron chi connectivity index (χ4n) is 1.63. The van der Waals surface area contributed by atoms with Gasteiger partial charge in [-0.3, -0.25) is 0 Å². The molecule has 0 fully saturated rings. The molecule has 0 saturated heterocycles. The van der Waals surface area contributed by atoms with Crippen molar-refractivity contribution in [2.45, 2.75) is 19.5 Å². The Morgan fingerprint density at radius 1 is 1.16 bits per heavy atom. The van der Waals surface area contributed by atoms with Gasteiger partial charge >= 0.3 is 6.18 Å². The Bertz CT molecular complexity index is 561. The minimum absolute atomic E-state index is 0.524. The van der Waals surface area contributed by atoms with E-state index >= 15 is 0 Å². The number of hydrogen-bond acceptors (Lipinski definition) is 2. The predicted octanol–water partition coefficient (Wildman–Crippen LogP) is 3.57. The van der Waals surface area contributed by atoms with Crippen LogP contribution < -0.4 is 0 Å². The second-order valence-corrected chi connectivity index (χ2v) is 5.08. The Labute approximate surface area is 122 Å². The van der Waals surface area contributed by atoms with Crippen molar-refractivity contribution in [3.63, 3.8) is 0 Å². The van der Waals surface area contributed by atoms with Gasteiger partial charge in [-0.25, -0.2) is 0 Å². The zero-order valence-corrected chi connectivity index (χ0v) is 12.2. The summed E-state index contributed by atoms with van der Waals surface area (Å²) in [6.45, 7) is 1.84. The predicted molar refractivity (Wildman–Crippen MR) is 73.7 cm³/mol. The molecular weight excluding hydrogens is 370 g/mol. The summed E-state index contributed by atoms with van der Waals surface area (Å²) in [6, 6.07) is 4.81. The monoisotopic (exact) mass is 381 g/mol. The van der Waals surface area contributed by atoms with Crippen molar-refractivity contribution in [3.8, 4) is 5.69 Å². The summed E-state index contributed by atoms with van der Waals surface area (Å²) in [5, 5.41) is 8.49. The summed E-state index contributed by atoms with van der Waals surface area (Å²) < 4.78 is 38.3. The first-order valence-electron chi connectivity index (χ1n) is 5.58. The Morgan fingerprint density at radius 2 is 1.79 bits per heavy atom. The van der Waals surface area contributed by atoms with Crippen LogP contribution in [0.5, 0.6) is 0 Å². The Hall–Kier alpha value is -1.12. The summed E-state index contributed by atoms with van der Waals surface area (Å²) in [6.07, 6.45) is -3.52. The van der Waals surface area contributed by atoms with Crippen LogP contribution in [-0.4, -0.2) is 19.4 Å². The number of aromatic nitrogens is 3. The minimum atomic E-state index is -4.32. The van der Waals surface area contributed by atoms with E-state index in [9.17, 15) is 13.2 Å². The van der Waals surface area contributed by atoms with E-state index in [1.54, 1.807) is 0 Å². The van der Waals surface area contributed by atoms with Gasteiger partial charge in [-0.05, 0) is 31.2 Å². The lowest BCUT2D eigenvalue weighted by Gasteiger charge is -2.06. The third kappa shape index (κ3) is 3.26. The number of alkyl halides is 4. The maximum Gasteiger partial charge on any atom is 0.416 e. The zero-order chi connectivity index (χ0) is 14.0. The van der Waals surface area contributed by atoms with Crippen molar-refractivity contribution in [3.05, 3.63) is 41.2 Å². The van der Waals surface area contributed by atoms with Crippen molar-refractivity contribution < 1.29 is 13.2 Å². The lowest BCUT2D eigenvalue weighted by Crippen LogP contribution is -2.06. The molecule has 1 aromatic heterocycles. The largest absolute Gasteiger partial charge is 0.416 e. The van der Waals surface area contributed by atoms with Crippen LogP contribution in [0.2, 0.25) is 0 Å². The minimum Gasteiger partial charge on any atom is -0.166 e. The average molecular weight is 381 g/mol. The van der Waals surface area contributed by atoms with E-state index in [1.165, 1.54) is 16.9 Å². The molecule has 0 saturated carbocycles. The summed E-state index contributed by atoms with van der Waals surface area (Å²) in [4.78, 5) is 1.37. The second kappa shape index (κ2) is 5.48. The third-order valence-electron chi connectivity index (χ3n) is 2.63. The highest BCUT2D eigenvalue weighted by Crippen LogP contribution is 2.29. The molecule has 2 aromatic rings. The van der Waals surface area contributed by atoms with E-state index in [4.69, 9.17) is 0 Å². The molecule has 1 heterocycles. The lowest BCUT2D eigenvalue weighted by molar-refractivity contribution is -0.137. The SMILES string of the molecule is Cc1nn(-c2ccc(C(F)(F)F)cc2)nc1CCI. The van der Waals surface area contributed by atoms with Gasteiger partial charge in [-0.1, -0.05) is 22.6 Å². The quantitative estimate of drug-likeness (QED) is 0.601. The van der Waals surface area contributed by atoms with E-state index in [2.05, 4.69) is 32.8 Å². The van der Waals surface area contributed by atoms with Gasteiger partial charge in [0.1, 0.15) is 0 Å². The number of nitrogens with zero attached hydrogens (tertiary/aromatic N) is 3. The van der Waals surface area contributed by atoms with E-state index in [0.717, 1.165) is 34.4 Å². The molecule has 102 valence electrons. The number of hydrogen-bond donors (Lipinski definition) is 0. The molecule has 1 aromatic carbocycles. The van der Waals surface area contributed by atoms with Crippen molar-refractivity contribution in [1.29, 1.82) is 0 Å². The van der Waals surface area contributed by atoms with Crippen molar-refractivity contribution in [1.82, 2.24) is 15.0 Å². The number of halogens is 4. The Morgan fingerprint density at radius 3 is 2.32 bits per heavy atom. The standard InChI is InChI=1S/C12H11F3IN3/c1-8-11(6-7-16)18-19(17-8)10-4-2-9(3-5-10)12(13,14)15/h2-5H,6-7H2,1H3. The molecule has 3 nitrogen and oxygen atoms in total. The van der Waals surface area contributed by atoms with Crippen molar-refractivity contribution in [2.75, 3.05) is 4.43 Å². The van der Waals surface area contributed by atoms with Crippen LogP contribution in [-0.2, 0) is 12.6 Å². The highest BCUT2D eigenvalue weighted by atomic mass is 127. The fourth-order valence-corrected chi connectivity index (χ4v) is 2.14. The first kappa shape index (κ1) is 14.3. The van der Waals surface area contributed by atoms with Gasteiger partial charge in [0.2, 0.25) is 0 Å². The average Bonchev–Trinajstić information content (AvgIpc) is 2.71. The maximum atomic E-state index is 12.5. The summed E-state index contributed by atoms with van der Waals surface area (Å²) in [5.74, 6) is 0. The Balaban J connectivity index is 2.30. The fraction of sp³-hybridized carbons (Fsp3) is 0.333. The molecule has 0 atom stereocenters. The zero-order valence-electron chi connectivity index (χ0n) is 10.1. The van der Waals surface area contributed by atoms with Crippen LogP contribution in [0.3, 0.4) is 0 Å². The van der Waals surface area contributed by atoms with E-state index in [1.807, 2.05) is 6.92 Å². The maximum absolute atomic E-state index is 12.5. The molecule has 2 rings (SSSR count). The third-order valence-corrected chi connectivity index (χ3v) is 3.17. The molecule has 0 N–H and O–H groups in total. The van der Waals surface area contributed by atoms with Gasteiger partial charge in [0, 0.05) is 10.8 Å². The molecule has 0 radical (unpaired) electrons. The van der Waals surface area contributed by atoms with Gasteiger partial charge in [-0.2, -0.15) is 28.2 Å². The molecule has 0 unspecified atom stereocenters. The van der Waals surface area contributed by atoms with E-state index < -0.39 is 11.7 Å². The summed E-state index contributed by atoms with van der Waals surface area (Å²) in [5.41, 5.74) is 1.52. The topological polar surface area (TPSA) is 30.7 Å². The van der Waals surface area contributed by atoms with Crippen molar-refractivity contribution >= 4 is 22.6 Å². The van der Waals surface area contributed by atoms with Crippen LogP contribution in [0.25, 0.3) is 5.69 Å². The molecular formula is C12H11F3IN3. The van der Waals surface area contributed by atoms with Gasteiger partial charge < -0.3 is 0 Å². The first-order chi connectivity index (χ1) is 8.91. The van der Waals surface area contributed by atoms with Crippen LogP contribution in [0.4, 0.5) is 13.2 Å². The van der Waals surface area contributed by atoms with Crippen LogP contribution in [0, 0.1) is 6.92 Å². The molecule has 0 spiro atoms. The van der Waals surface area contributed by atoms with E-state index in [0.29, 0.717) is 5.69 Å². The molecule has 0 aliphatic heterocycles. The summed E-state index contributed by atoms with van der Waals surface area (Å²) in [7, 11) is 0.